The quantitative estimate of drug-likeness (QED) is 0.703. The fraction of sp³-hybridized carbons (Fsp3) is 0.200. The molecule has 1 aromatic carbocycles. The first-order chi connectivity index (χ1) is 12.3. The van der Waals surface area contributed by atoms with Crippen molar-refractivity contribution in [2.24, 2.45) is 0 Å². The second-order valence-electron chi connectivity index (χ2n) is 5.08. The number of para-hydroxylation sites is 1. The molecular weight excluding hydrogens is 362 g/mol. The van der Waals surface area contributed by atoms with E-state index in [1.54, 1.807) is 12.1 Å². The summed E-state index contributed by atoms with van der Waals surface area (Å²) in [6.45, 7) is 0. The lowest BCUT2D eigenvalue weighted by Crippen LogP contribution is -2.22. The molecule has 0 unspecified atom stereocenters. The number of carbonyl (C=O) groups is 2. The molecule has 0 fully saturated rings. The number of nitrogens with zero attached hydrogens (tertiary/aromatic N) is 2. The Morgan fingerprint density at radius 3 is 2.42 bits per heavy atom. The molecule has 0 spiro atoms. The highest BCUT2D eigenvalue weighted by Gasteiger charge is 2.18. The van der Waals surface area contributed by atoms with Crippen molar-refractivity contribution in [3.05, 3.63) is 36.0 Å². The van der Waals surface area contributed by atoms with Crippen molar-refractivity contribution in [1.82, 2.24) is 15.5 Å². The molecule has 0 aliphatic carbocycles. The van der Waals surface area contributed by atoms with Crippen molar-refractivity contribution >= 4 is 39.0 Å². The van der Waals surface area contributed by atoms with Gasteiger partial charge in [-0.2, -0.15) is 0 Å². The molecule has 0 bridgehead atoms. The van der Waals surface area contributed by atoms with Crippen molar-refractivity contribution in [3.63, 3.8) is 0 Å². The summed E-state index contributed by atoms with van der Waals surface area (Å²) < 4.78 is 28.4. The van der Waals surface area contributed by atoms with Crippen LogP contribution in [0.5, 0.6) is 0 Å². The molecule has 2 aromatic rings. The molecule has 1 heterocycles. The van der Waals surface area contributed by atoms with Crippen LogP contribution < -0.4 is 16.0 Å². The smallest absolute Gasteiger partial charge is 0.412 e. The summed E-state index contributed by atoms with van der Waals surface area (Å²) in [7, 11) is -0.915. The van der Waals surface area contributed by atoms with E-state index in [2.05, 4.69) is 30.9 Å². The van der Waals surface area contributed by atoms with Crippen LogP contribution in [0.4, 0.5) is 22.0 Å². The van der Waals surface area contributed by atoms with Crippen LogP contribution in [-0.4, -0.2) is 51.0 Å². The van der Waals surface area contributed by atoms with E-state index < -0.39 is 21.8 Å². The lowest BCUT2D eigenvalue weighted by Gasteiger charge is -2.14. The normalized spacial score (nSPS) is 10.7. The van der Waals surface area contributed by atoms with Gasteiger partial charge in [0.05, 0.1) is 23.4 Å². The minimum absolute atomic E-state index is 0.0174. The van der Waals surface area contributed by atoms with Gasteiger partial charge < -0.3 is 15.4 Å². The molecule has 2 amide bonds. The first-order valence-corrected chi connectivity index (χ1v) is 9.16. The first-order valence-electron chi connectivity index (χ1n) is 7.27. The molecule has 0 radical (unpaired) electrons. The Kier molecular flexibility index (Phi) is 5.72. The number of aromatic nitrogens is 2. The molecule has 0 saturated carbocycles. The van der Waals surface area contributed by atoms with Crippen LogP contribution in [0.15, 0.2) is 35.2 Å². The molecule has 26 heavy (non-hydrogen) atoms. The number of ether oxygens (including phenoxy) is 1. The third kappa shape index (κ3) is 4.45. The molecule has 3 N–H and O–H groups in total. The Balaban J connectivity index is 2.51. The van der Waals surface area contributed by atoms with Gasteiger partial charge in [0.25, 0.3) is 5.91 Å². The van der Waals surface area contributed by atoms with Crippen molar-refractivity contribution in [1.29, 1.82) is 0 Å². The summed E-state index contributed by atoms with van der Waals surface area (Å²) in [5.41, 5.74) is 0.324. The Bertz CT molecular complexity index is 945. The molecule has 138 valence electrons. The zero-order valence-electron chi connectivity index (χ0n) is 14.2. The van der Waals surface area contributed by atoms with E-state index in [0.29, 0.717) is 0 Å². The number of anilines is 3. The molecule has 1 aromatic heterocycles. The largest absolute Gasteiger partial charge is 0.453 e. The summed E-state index contributed by atoms with van der Waals surface area (Å²) in [6, 6.07) is 7.53. The van der Waals surface area contributed by atoms with Crippen LogP contribution in [0.3, 0.4) is 0 Å². The first kappa shape index (κ1) is 19.1. The van der Waals surface area contributed by atoms with Gasteiger partial charge in [-0.05, 0) is 12.1 Å². The second-order valence-corrected chi connectivity index (χ2v) is 7.07. The molecule has 0 aliphatic heterocycles. The highest BCUT2D eigenvalue weighted by atomic mass is 32.2. The molecule has 10 nitrogen and oxygen atoms in total. The molecule has 2 rings (SSSR count). The third-order valence-electron chi connectivity index (χ3n) is 3.21. The van der Waals surface area contributed by atoms with Gasteiger partial charge in [0, 0.05) is 19.4 Å². The summed E-state index contributed by atoms with van der Waals surface area (Å²) >= 11 is 0. The summed E-state index contributed by atoms with van der Waals surface area (Å²) in [6.07, 6.45) is 0.303. The van der Waals surface area contributed by atoms with Crippen molar-refractivity contribution in [2.75, 3.05) is 31.0 Å². The van der Waals surface area contributed by atoms with Crippen LogP contribution in [0.2, 0.25) is 0 Å². The van der Waals surface area contributed by atoms with Crippen LogP contribution in [-0.2, 0) is 14.6 Å². The van der Waals surface area contributed by atoms with Gasteiger partial charge in [0.2, 0.25) is 0 Å². The van der Waals surface area contributed by atoms with E-state index in [4.69, 9.17) is 0 Å². The Hall–Kier alpha value is -3.21. The number of benzene rings is 1. The van der Waals surface area contributed by atoms with Crippen LogP contribution in [0, 0.1) is 0 Å². The van der Waals surface area contributed by atoms with Gasteiger partial charge in [0.1, 0.15) is 0 Å². The Morgan fingerprint density at radius 1 is 1.12 bits per heavy atom. The van der Waals surface area contributed by atoms with E-state index >= 15 is 0 Å². The Morgan fingerprint density at radius 2 is 1.81 bits per heavy atom. The average Bonchev–Trinajstić information content (AvgIpc) is 2.60. The fourth-order valence-corrected chi connectivity index (χ4v) is 2.87. The number of hydrogen-bond acceptors (Lipinski definition) is 8. The number of hydrogen-bond donors (Lipinski definition) is 3. The number of rotatable bonds is 5. The molecular formula is C15H17N5O5S. The maximum absolute atomic E-state index is 12.0. The van der Waals surface area contributed by atoms with Gasteiger partial charge in [-0.1, -0.05) is 12.1 Å². The third-order valence-corrected chi connectivity index (χ3v) is 4.36. The monoisotopic (exact) mass is 379 g/mol. The molecule has 0 atom stereocenters. The Labute approximate surface area is 149 Å². The van der Waals surface area contributed by atoms with E-state index in [-0.39, 0.29) is 27.8 Å². The van der Waals surface area contributed by atoms with E-state index in [9.17, 15) is 18.0 Å². The second kappa shape index (κ2) is 7.78. The highest BCUT2D eigenvalue weighted by Crippen LogP contribution is 2.27. The number of sulfone groups is 1. The molecule has 0 aliphatic rings. The SMILES string of the molecule is CNC(=O)c1nnc(NC(=O)OC)cc1Nc1ccccc1S(C)(=O)=O. The number of methoxy groups -OCH3 is 1. The molecule has 11 heteroatoms. The van der Waals surface area contributed by atoms with Crippen molar-refractivity contribution in [3.8, 4) is 0 Å². The summed E-state index contributed by atoms with van der Waals surface area (Å²) in [4.78, 5) is 23.4. The maximum Gasteiger partial charge on any atom is 0.412 e. The summed E-state index contributed by atoms with van der Waals surface area (Å²) in [5, 5.41) is 15.1. The topological polar surface area (TPSA) is 139 Å². The molecule has 0 saturated heterocycles. The zero-order chi connectivity index (χ0) is 19.3. The van der Waals surface area contributed by atoms with Gasteiger partial charge in [0.15, 0.2) is 21.3 Å². The van der Waals surface area contributed by atoms with Gasteiger partial charge in [-0.25, -0.2) is 13.2 Å². The van der Waals surface area contributed by atoms with Crippen molar-refractivity contribution in [2.45, 2.75) is 4.90 Å². The van der Waals surface area contributed by atoms with Crippen LogP contribution in [0.1, 0.15) is 10.5 Å². The minimum atomic E-state index is -3.51. The van der Waals surface area contributed by atoms with Gasteiger partial charge in [-0.15, -0.1) is 10.2 Å². The minimum Gasteiger partial charge on any atom is -0.453 e. The van der Waals surface area contributed by atoms with Gasteiger partial charge >= 0.3 is 6.09 Å². The zero-order valence-corrected chi connectivity index (χ0v) is 15.0. The predicted molar refractivity (Wildman–Crippen MR) is 94.3 cm³/mol. The van der Waals surface area contributed by atoms with Gasteiger partial charge in [-0.3, -0.25) is 10.1 Å². The van der Waals surface area contributed by atoms with Crippen LogP contribution in [0.25, 0.3) is 0 Å². The number of amides is 2. The summed E-state index contributed by atoms with van der Waals surface area (Å²) in [5.74, 6) is -0.523. The predicted octanol–water partition coefficient (Wildman–Crippen LogP) is 1.16. The van der Waals surface area contributed by atoms with Crippen molar-refractivity contribution < 1.29 is 22.7 Å². The fourth-order valence-electron chi connectivity index (χ4n) is 2.03. The lowest BCUT2D eigenvalue weighted by atomic mass is 10.2. The average molecular weight is 379 g/mol. The van der Waals surface area contributed by atoms with Crippen LogP contribution >= 0.6 is 0 Å². The van der Waals surface area contributed by atoms with E-state index in [1.807, 2.05) is 0 Å². The van der Waals surface area contributed by atoms with E-state index in [0.717, 1.165) is 6.26 Å². The maximum atomic E-state index is 12.0. The lowest BCUT2D eigenvalue weighted by molar-refractivity contribution is 0.0958. The number of nitrogens with one attached hydrogen (secondary N) is 3. The number of carbonyl (C=O) groups excluding carboxylic acids is 2. The highest BCUT2D eigenvalue weighted by molar-refractivity contribution is 7.90. The standard InChI is InChI=1S/C15H17N5O5S/c1-16-14(21)13-10(8-12(19-20-13)18-15(22)25-2)17-9-6-4-5-7-11(9)26(3,23)24/h4-8H,1-3H3,(H,16,21)(H2,17,18,19,22). The van der Waals surface area contributed by atoms with E-state index in [1.165, 1.54) is 32.4 Å².